The van der Waals surface area contributed by atoms with E-state index in [1.165, 1.54) is 30.5 Å². The molecule has 1 aromatic rings. The number of aliphatic carboxylic acids is 1. The number of carboxylic acid groups (broad SMARTS) is 1. The Morgan fingerprint density at radius 3 is 2.89 bits per heavy atom. The Morgan fingerprint density at radius 2 is 2.26 bits per heavy atom. The Kier molecular flexibility index (Phi) is 3.21. The topological polar surface area (TPSA) is 40.5 Å². The fraction of sp³-hybridized carbons (Fsp3) is 0.562. The zero-order valence-electron chi connectivity index (χ0n) is 11.4. The molecule has 2 aliphatic rings. The average molecular weight is 259 g/mol. The number of hydrogen-bond acceptors (Lipinski definition) is 2. The van der Waals surface area contributed by atoms with Crippen LogP contribution in [-0.2, 0) is 11.2 Å². The molecule has 1 aromatic carbocycles. The highest BCUT2D eigenvalue weighted by molar-refractivity contribution is 5.68. The molecular formula is C16H21NO2. The van der Waals surface area contributed by atoms with Gasteiger partial charge in [-0.25, -0.2) is 0 Å². The fourth-order valence-corrected chi connectivity index (χ4v) is 3.18. The van der Waals surface area contributed by atoms with Gasteiger partial charge in [0.15, 0.2) is 0 Å². The normalized spacial score (nSPS) is 19.9. The summed E-state index contributed by atoms with van der Waals surface area (Å²) in [5.74, 6) is -0.629. The van der Waals surface area contributed by atoms with Crippen molar-refractivity contribution in [1.29, 1.82) is 0 Å². The second kappa shape index (κ2) is 4.87. The number of carbonyl (C=O) groups is 1. The van der Waals surface area contributed by atoms with Gasteiger partial charge in [0.2, 0.25) is 0 Å². The number of rotatable bonds is 4. The standard InChI is InChI=1S/C16H21NO2/c1-11(9-16(18)19)13-6-5-12-7-8-17(15(12)10-13)14-3-2-4-14/h5-6,10-11,14H,2-4,7-9H2,1H3,(H,18,19). The first kappa shape index (κ1) is 12.5. The van der Waals surface area contributed by atoms with E-state index in [-0.39, 0.29) is 12.3 Å². The molecule has 0 radical (unpaired) electrons. The van der Waals surface area contributed by atoms with E-state index in [0.717, 1.165) is 24.6 Å². The van der Waals surface area contributed by atoms with Gasteiger partial charge in [-0.1, -0.05) is 19.1 Å². The quantitative estimate of drug-likeness (QED) is 0.902. The minimum atomic E-state index is -0.719. The third-order valence-electron chi connectivity index (χ3n) is 4.61. The second-order valence-electron chi connectivity index (χ2n) is 5.92. The minimum Gasteiger partial charge on any atom is -0.481 e. The van der Waals surface area contributed by atoms with Crippen molar-refractivity contribution in [2.45, 2.75) is 51.0 Å². The van der Waals surface area contributed by atoms with Crippen LogP contribution in [0.15, 0.2) is 18.2 Å². The van der Waals surface area contributed by atoms with Crippen LogP contribution in [0.4, 0.5) is 5.69 Å². The predicted octanol–water partition coefficient (Wildman–Crippen LogP) is 3.18. The van der Waals surface area contributed by atoms with Crippen LogP contribution in [0.3, 0.4) is 0 Å². The fourth-order valence-electron chi connectivity index (χ4n) is 3.18. The highest BCUT2D eigenvalue weighted by Gasteiger charge is 2.30. The van der Waals surface area contributed by atoms with E-state index in [9.17, 15) is 4.79 Å². The van der Waals surface area contributed by atoms with Gasteiger partial charge in [0, 0.05) is 18.3 Å². The lowest BCUT2D eigenvalue weighted by Gasteiger charge is -2.37. The van der Waals surface area contributed by atoms with Gasteiger partial charge < -0.3 is 10.0 Å². The molecule has 0 amide bonds. The molecular weight excluding hydrogens is 238 g/mol. The van der Waals surface area contributed by atoms with E-state index in [0.29, 0.717) is 0 Å². The van der Waals surface area contributed by atoms with Gasteiger partial charge in [-0.05, 0) is 48.8 Å². The maximum Gasteiger partial charge on any atom is 0.303 e. The first-order chi connectivity index (χ1) is 9.15. The number of nitrogens with zero attached hydrogens (tertiary/aromatic N) is 1. The Hall–Kier alpha value is -1.51. The number of hydrogen-bond donors (Lipinski definition) is 1. The van der Waals surface area contributed by atoms with Gasteiger partial charge in [0.25, 0.3) is 0 Å². The lowest BCUT2D eigenvalue weighted by atomic mass is 9.91. The summed E-state index contributed by atoms with van der Waals surface area (Å²) in [6, 6.07) is 7.26. The maximum atomic E-state index is 10.8. The predicted molar refractivity (Wildman–Crippen MR) is 75.8 cm³/mol. The monoisotopic (exact) mass is 259 g/mol. The van der Waals surface area contributed by atoms with E-state index >= 15 is 0 Å². The van der Waals surface area contributed by atoms with E-state index in [1.54, 1.807) is 0 Å². The summed E-state index contributed by atoms with van der Waals surface area (Å²) in [6.45, 7) is 3.13. The highest BCUT2D eigenvalue weighted by atomic mass is 16.4. The van der Waals surface area contributed by atoms with Gasteiger partial charge in [-0.15, -0.1) is 0 Å². The molecule has 19 heavy (non-hydrogen) atoms. The molecule has 1 aliphatic heterocycles. The molecule has 3 heteroatoms. The molecule has 0 saturated heterocycles. The molecule has 3 rings (SSSR count). The van der Waals surface area contributed by atoms with E-state index < -0.39 is 5.97 Å². The van der Waals surface area contributed by atoms with E-state index in [2.05, 4.69) is 23.1 Å². The lowest BCUT2D eigenvalue weighted by Crippen LogP contribution is -2.38. The molecule has 1 fully saturated rings. The van der Waals surface area contributed by atoms with Crippen LogP contribution >= 0.6 is 0 Å². The maximum absolute atomic E-state index is 10.8. The molecule has 0 spiro atoms. The molecule has 1 saturated carbocycles. The number of benzene rings is 1. The molecule has 1 aliphatic carbocycles. The molecule has 0 aromatic heterocycles. The summed E-state index contributed by atoms with van der Waals surface area (Å²) >= 11 is 0. The Morgan fingerprint density at radius 1 is 1.47 bits per heavy atom. The first-order valence-corrected chi connectivity index (χ1v) is 7.26. The van der Waals surface area contributed by atoms with Gasteiger partial charge in [-0.2, -0.15) is 0 Å². The van der Waals surface area contributed by atoms with Gasteiger partial charge >= 0.3 is 5.97 Å². The third-order valence-corrected chi connectivity index (χ3v) is 4.61. The van der Waals surface area contributed by atoms with Crippen molar-refractivity contribution in [1.82, 2.24) is 0 Å². The molecule has 1 unspecified atom stereocenters. The Labute approximate surface area is 114 Å². The zero-order valence-corrected chi connectivity index (χ0v) is 11.4. The SMILES string of the molecule is CC(CC(=O)O)c1ccc2c(c1)N(C1CCC1)CC2. The largest absolute Gasteiger partial charge is 0.481 e. The summed E-state index contributed by atoms with van der Waals surface area (Å²) in [5.41, 5.74) is 3.95. The minimum absolute atomic E-state index is 0.0895. The van der Waals surface area contributed by atoms with Crippen molar-refractivity contribution in [3.8, 4) is 0 Å². The molecule has 0 bridgehead atoms. The van der Waals surface area contributed by atoms with Crippen LogP contribution in [-0.4, -0.2) is 23.7 Å². The first-order valence-electron chi connectivity index (χ1n) is 7.26. The van der Waals surface area contributed by atoms with Crippen molar-refractivity contribution < 1.29 is 9.90 Å². The van der Waals surface area contributed by atoms with Crippen molar-refractivity contribution in [2.75, 3.05) is 11.4 Å². The van der Waals surface area contributed by atoms with Crippen LogP contribution in [0.25, 0.3) is 0 Å². The van der Waals surface area contributed by atoms with Crippen molar-refractivity contribution in [3.63, 3.8) is 0 Å². The van der Waals surface area contributed by atoms with Gasteiger partial charge in [0.05, 0.1) is 6.42 Å². The van der Waals surface area contributed by atoms with Crippen LogP contribution < -0.4 is 4.90 Å². The van der Waals surface area contributed by atoms with Crippen LogP contribution in [0.1, 0.15) is 49.7 Å². The summed E-state index contributed by atoms with van der Waals surface area (Å²) in [4.78, 5) is 13.4. The zero-order chi connectivity index (χ0) is 13.4. The molecule has 1 atom stereocenters. The third kappa shape index (κ3) is 2.34. The van der Waals surface area contributed by atoms with Gasteiger partial charge in [0.1, 0.15) is 0 Å². The summed E-state index contributed by atoms with van der Waals surface area (Å²) in [7, 11) is 0. The van der Waals surface area contributed by atoms with Crippen LogP contribution in [0.2, 0.25) is 0 Å². The van der Waals surface area contributed by atoms with E-state index in [1.807, 2.05) is 6.92 Å². The Balaban J connectivity index is 1.83. The molecule has 1 N–H and O–H groups in total. The smallest absolute Gasteiger partial charge is 0.303 e. The van der Waals surface area contributed by atoms with E-state index in [4.69, 9.17) is 5.11 Å². The van der Waals surface area contributed by atoms with Crippen molar-refractivity contribution in [3.05, 3.63) is 29.3 Å². The summed E-state index contributed by atoms with van der Waals surface area (Å²) < 4.78 is 0. The molecule has 1 heterocycles. The van der Waals surface area contributed by atoms with Crippen LogP contribution in [0, 0.1) is 0 Å². The highest BCUT2D eigenvalue weighted by Crippen LogP contribution is 2.37. The Bertz CT molecular complexity index is 494. The van der Waals surface area contributed by atoms with Crippen LogP contribution in [0.5, 0.6) is 0 Å². The van der Waals surface area contributed by atoms with Crippen molar-refractivity contribution in [2.24, 2.45) is 0 Å². The molecule has 3 nitrogen and oxygen atoms in total. The number of anilines is 1. The second-order valence-corrected chi connectivity index (χ2v) is 5.92. The van der Waals surface area contributed by atoms with Crippen molar-refractivity contribution >= 4 is 11.7 Å². The van der Waals surface area contributed by atoms with Gasteiger partial charge in [-0.3, -0.25) is 4.79 Å². The molecule has 102 valence electrons. The average Bonchev–Trinajstić information content (AvgIpc) is 2.69. The number of carboxylic acids is 1. The summed E-state index contributed by atoms with van der Waals surface area (Å²) in [6.07, 6.45) is 5.33. The lowest BCUT2D eigenvalue weighted by molar-refractivity contribution is -0.137. The number of fused-ring (bicyclic) bond motifs is 1. The summed E-state index contributed by atoms with van der Waals surface area (Å²) in [5, 5.41) is 8.92.